The van der Waals surface area contributed by atoms with E-state index in [1.54, 1.807) is 11.0 Å². The SMILES string of the molecule is CC(C)C(=O)N1CCN(C(=O)c2ccccc2-n2cnnn2)CC1. The van der Waals surface area contributed by atoms with Gasteiger partial charge >= 0.3 is 0 Å². The van der Waals surface area contributed by atoms with Crippen LogP contribution in [-0.2, 0) is 4.79 Å². The molecule has 1 fully saturated rings. The van der Waals surface area contributed by atoms with E-state index in [4.69, 9.17) is 0 Å². The Balaban J connectivity index is 1.74. The van der Waals surface area contributed by atoms with E-state index in [9.17, 15) is 9.59 Å². The summed E-state index contributed by atoms with van der Waals surface area (Å²) in [6, 6.07) is 7.24. The van der Waals surface area contributed by atoms with Gasteiger partial charge in [0.1, 0.15) is 6.33 Å². The van der Waals surface area contributed by atoms with Crippen molar-refractivity contribution >= 4 is 11.8 Å². The molecule has 0 radical (unpaired) electrons. The molecule has 0 spiro atoms. The Bertz CT molecular complexity index is 720. The lowest BCUT2D eigenvalue weighted by molar-refractivity contribution is -0.135. The Morgan fingerprint density at radius 1 is 1.04 bits per heavy atom. The predicted octanol–water partition coefficient (Wildman–Crippen LogP) is 0.603. The quantitative estimate of drug-likeness (QED) is 0.824. The van der Waals surface area contributed by atoms with Crippen molar-refractivity contribution in [1.29, 1.82) is 0 Å². The van der Waals surface area contributed by atoms with E-state index in [2.05, 4.69) is 15.5 Å². The number of hydrogen-bond donors (Lipinski definition) is 0. The van der Waals surface area contributed by atoms with Gasteiger partial charge in [0.15, 0.2) is 0 Å². The standard InChI is InChI=1S/C16H20N6O2/c1-12(2)15(23)20-7-9-21(10-8-20)16(24)13-5-3-4-6-14(13)22-11-17-18-19-22/h3-6,11-12H,7-10H2,1-2H3. The number of aromatic nitrogens is 4. The lowest BCUT2D eigenvalue weighted by Gasteiger charge is -2.35. The third-order valence-electron chi connectivity index (χ3n) is 4.10. The van der Waals surface area contributed by atoms with E-state index in [0.29, 0.717) is 37.4 Å². The van der Waals surface area contributed by atoms with E-state index in [-0.39, 0.29) is 17.7 Å². The topological polar surface area (TPSA) is 84.2 Å². The van der Waals surface area contributed by atoms with Gasteiger partial charge in [-0.2, -0.15) is 4.68 Å². The van der Waals surface area contributed by atoms with Crippen LogP contribution in [0.2, 0.25) is 0 Å². The van der Waals surface area contributed by atoms with Crippen LogP contribution in [-0.4, -0.2) is 68.0 Å². The molecular weight excluding hydrogens is 308 g/mol. The molecule has 1 aliphatic heterocycles. The van der Waals surface area contributed by atoms with E-state index >= 15 is 0 Å². The molecule has 1 aromatic heterocycles. The molecule has 0 saturated carbocycles. The van der Waals surface area contributed by atoms with Crippen molar-refractivity contribution in [3.05, 3.63) is 36.2 Å². The highest BCUT2D eigenvalue weighted by Gasteiger charge is 2.27. The maximum atomic E-state index is 12.9. The van der Waals surface area contributed by atoms with Crippen LogP contribution in [0.15, 0.2) is 30.6 Å². The largest absolute Gasteiger partial charge is 0.339 e. The van der Waals surface area contributed by atoms with E-state index in [1.807, 2.05) is 36.9 Å². The number of benzene rings is 1. The minimum absolute atomic E-state index is 0.0206. The van der Waals surface area contributed by atoms with Crippen LogP contribution in [0.4, 0.5) is 0 Å². The van der Waals surface area contributed by atoms with Gasteiger partial charge in [-0.3, -0.25) is 9.59 Å². The van der Waals surface area contributed by atoms with Crippen LogP contribution in [0.5, 0.6) is 0 Å². The first-order valence-electron chi connectivity index (χ1n) is 7.98. The zero-order chi connectivity index (χ0) is 17.1. The highest BCUT2D eigenvalue weighted by molar-refractivity contribution is 5.97. The third kappa shape index (κ3) is 3.12. The highest BCUT2D eigenvalue weighted by Crippen LogP contribution is 2.17. The molecule has 2 heterocycles. The second-order valence-corrected chi connectivity index (χ2v) is 6.04. The number of para-hydroxylation sites is 1. The van der Waals surface area contributed by atoms with Crippen molar-refractivity contribution in [2.24, 2.45) is 5.92 Å². The molecule has 1 aromatic carbocycles. The smallest absolute Gasteiger partial charge is 0.256 e. The first-order chi connectivity index (χ1) is 11.6. The second-order valence-electron chi connectivity index (χ2n) is 6.04. The van der Waals surface area contributed by atoms with Crippen molar-refractivity contribution in [1.82, 2.24) is 30.0 Å². The minimum atomic E-state index is -0.0715. The number of hydrogen-bond acceptors (Lipinski definition) is 5. The van der Waals surface area contributed by atoms with Gasteiger partial charge in [0.25, 0.3) is 5.91 Å². The van der Waals surface area contributed by atoms with Gasteiger partial charge in [-0.25, -0.2) is 0 Å². The molecule has 1 aliphatic rings. The maximum Gasteiger partial charge on any atom is 0.256 e. The first-order valence-corrected chi connectivity index (χ1v) is 7.98. The Kier molecular flexibility index (Phi) is 4.54. The fourth-order valence-corrected chi connectivity index (χ4v) is 2.79. The van der Waals surface area contributed by atoms with Gasteiger partial charge in [0.2, 0.25) is 5.91 Å². The zero-order valence-corrected chi connectivity index (χ0v) is 13.8. The highest BCUT2D eigenvalue weighted by atomic mass is 16.2. The van der Waals surface area contributed by atoms with Crippen LogP contribution in [0.1, 0.15) is 24.2 Å². The molecule has 1 saturated heterocycles. The van der Waals surface area contributed by atoms with Crippen LogP contribution in [0.3, 0.4) is 0 Å². The molecule has 0 unspecified atom stereocenters. The monoisotopic (exact) mass is 328 g/mol. The Labute approximate surface area is 140 Å². The summed E-state index contributed by atoms with van der Waals surface area (Å²) in [5.41, 5.74) is 1.20. The molecule has 2 amide bonds. The third-order valence-corrected chi connectivity index (χ3v) is 4.10. The lowest BCUT2D eigenvalue weighted by Crippen LogP contribution is -2.51. The number of carbonyl (C=O) groups excluding carboxylic acids is 2. The molecule has 24 heavy (non-hydrogen) atoms. The summed E-state index contributed by atoms with van der Waals surface area (Å²) >= 11 is 0. The molecule has 0 aliphatic carbocycles. The number of tetrazole rings is 1. The Hall–Kier alpha value is -2.77. The van der Waals surface area contributed by atoms with Gasteiger partial charge in [-0.15, -0.1) is 5.10 Å². The summed E-state index contributed by atoms with van der Waals surface area (Å²) in [5, 5.41) is 11.1. The minimum Gasteiger partial charge on any atom is -0.339 e. The number of nitrogens with zero attached hydrogens (tertiary/aromatic N) is 6. The van der Waals surface area contributed by atoms with Crippen LogP contribution < -0.4 is 0 Å². The van der Waals surface area contributed by atoms with Crippen LogP contribution >= 0.6 is 0 Å². The van der Waals surface area contributed by atoms with Crippen molar-refractivity contribution in [3.63, 3.8) is 0 Å². The molecule has 0 N–H and O–H groups in total. The second kappa shape index (κ2) is 6.77. The van der Waals surface area contributed by atoms with Crippen LogP contribution in [0, 0.1) is 5.92 Å². The molecule has 0 atom stereocenters. The van der Waals surface area contributed by atoms with Gasteiger partial charge in [-0.1, -0.05) is 26.0 Å². The van der Waals surface area contributed by atoms with Crippen molar-refractivity contribution in [2.45, 2.75) is 13.8 Å². The molecule has 3 rings (SSSR count). The maximum absolute atomic E-state index is 12.9. The van der Waals surface area contributed by atoms with E-state index in [0.717, 1.165) is 0 Å². The van der Waals surface area contributed by atoms with Gasteiger partial charge in [0, 0.05) is 32.1 Å². The van der Waals surface area contributed by atoms with E-state index in [1.165, 1.54) is 11.0 Å². The number of rotatable bonds is 3. The molecule has 126 valence electrons. The molecule has 8 nitrogen and oxygen atoms in total. The average molecular weight is 328 g/mol. The number of carbonyl (C=O) groups is 2. The van der Waals surface area contributed by atoms with Crippen molar-refractivity contribution in [3.8, 4) is 5.69 Å². The van der Waals surface area contributed by atoms with Crippen molar-refractivity contribution < 1.29 is 9.59 Å². The molecular formula is C16H20N6O2. The zero-order valence-electron chi connectivity index (χ0n) is 13.8. The summed E-state index contributed by atoms with van der Waals surface area (Å²) in [6.45, 7) is 5.97. The predicted molar refractivity (Wildman–Crippen MR) is 86.5 cm³/mol. The summed E-state index contributed by atoms with van der Waals surface area (Å²) < 4.78 is 1.48. The Morgan fingerprint density at radius 3 is 2.33 bits per heavy atom. The fraction of sp³-hybridized carbons (Fsp3) is 0.438. The average Bonchev–Trinajstić information content (AvgIpc) is 3.15. The molecule has 8 heteroatoms. The number of piperazine rings is 1. The van der Waals surface area contributed by atoms with E-state index < -0.39 is 0 Å². The lowest BCUT2D eigenvalue weighted by atomic mass is 10.1. The molecule has 0 bridgehead atoms. The van der Waals surface area contributed by atoms with Crippen molar-refractivity contribution in [2.75, 3.05) is 26.2 Å². The van der Waals surface area contributed by atoms with Gasteiger partial charge in [0.05, 0.1) is 11.3 Å². The van der Waals surface area contributed by atoms with Gasteiger partial charge in [-0.05, 0) is 22.6 Å². The Morgan fingerprint density at radius 2 is 1.71 bits per heavy atom. The summed E-state index contributed by atoms with van der Waals surface area (Å²) in [6.07, 6.45) is 1.46. The summed E-state index contributed by atoms with van der Waals surface area (Å²) in [7, 11) is 0. The number of amides is 2. The van der Waals surface area contributed by atoms with Gasteiger partial charge < -0.3 is 9.80 Å². The summed E-state index contributed by atoms with van der Waals surface area (Å²) in [5.74, 6) is 0.0433. The normalized spacial score (nSPS) is 15.0. The summed E-state index contributed by atoms with van der Waals surface area (Å²) in [4.78, 5) is 28.5. The van der Waals surface area contributed by atoms with Crippen LogP contribution in [0.25, 0.3) is 5.69 Å². The first kappa shape index (κ1) is 16.1. The fourth-order valence-electron chi connectivity index (χ4n) is 2.79. The molecule has 2 aromatic rings.